The van der Waals surface area contributed by atoms with Gasteiger partial charge in [0.05, 0.1) is 25.1 Å². The quantitative estimate of drug-likeness (QED) is 0.676. The molecular formula is C21H27N5OS. The Morgan fingerprint density at radius 1 is 1.14 bits per heavy atom. The molecule has 5 heterocycles. The zero-order chi connectivity index (χ0) is 18.9. The summed E-state index contributed by atoms with van der Waals surface area (Å²) >= 11 is 1.91. The fourth-order valence-electron chi connectivity index (χ4n) is 4.27. The number of pyridine rings is 1. The maximum Gasteiger partial charge on any atom is 0.156 e. The molecule has 7 heteroatoms. The fourth-order valence-corrected chi connectivity index (χ4v) is 5.20. The molecule has 0 radical (unpaired) electrons. The highest BCUT2D eigenvalue weighted by atomic mass is 32.1. The monoisotopic (exact) mass is 397 g/mol. The first-order valence-electron chi connectivity index (χ1n) is 10.2. The van der Waals surface area contributed by atoms with Crippen molar-refractivity contribution >= 4 is 22.7 Å². The molecule has 0 unspecified atom stereocenters. The molecular weight excluding hydrogens is 370 g/mol. The summed E-state index contributed by atoms with van der Waals surface area (Å²) < 4.78 is 7.43. The van der Waals surface area contributed by atoms with Gasteiger partial charge >= 0.3 is 0 Å². The van der Waals surface area contributed by atoms with Crippen LogP contribution >= 0.6 is 11.3 Å². The van der Waals surface area contributed by atoms with Crippen molar-refractivity contribution in [3.05, 3.63) is 46.0 Å². The molecule has 0 saturated carbocycles. The van der Waals surface area contributed by atoms with Crippen LogP contribution in [0, 0.1) is 6.92 Å². The standard InChI is InChI=1S/C21H27N5OS/c1-16-4-6-19(28-16)15-24-8-2-3-17(13-24)21-22-20-7-5-18(14-26(20)23-21)25-9-11-27-12-10-25/h4-7,14,17H,2-3,8-13,15H2,1H3/t17-/m1/s1. The topological polar surface area (TPSA) is 45.9 Å². The Bertz CT molecular complexity index is 945. The van der Waals surface area contributed by atoms with Gasteiger partial charge in [0.2, 0.25) is 0 Å². The number of hydrogen-bond donors (Lipinski definition) is 0. The Morgan fingerprint density at radius 2 is 2.04 bits per heavy atom. The molecule has 6 nitrogen and oxygen atoms in total. The van der Waals surface area contributed by atoms with Gasteiger partial charge in [-0.1, -0.05) is 0 Å². The molecule has 2 saturated heterocycles. The molecule has 1 atom stereocenters. The molecule has 28 heavy (non-hydrogen) atoms. The largest absolute Gasteiger partial charge is 0.378 e. The maximum absolute atomic E-state index is 5.47. The van der Waals surface area contributed by atoms with E-state index < -0.39 is 0 Å². The van der Waals surface area contributed by atoms with E-state index in [2.05, 4.69) is 47.2 Å². The van der Waals surface area contributed by atoms with Gasteiger partial charge in [0.1, 0.15) is 0 Å². The first-order valence-corrected chi connectivity index (χ1v) is 11.0. The van der Waals surface area contributed by atoms with Crippen LogP contribution in [-0.4, -0.2) is 58.9 Å². The van der Waals surface area contributed by atoms with E-state index in [0.717, 1.165) is 50.9 Å². The highest BCUT2D eigenvalue weighted by Gasteiger charge is 2.25. The van der Waals surface area contributed by atoms with Gasteiger partial charge in [-0.05, 0) is 50.6 Å². The second-order valence-corrected chi connectivity index (χ2v) is 9.22. The number of rotatable bonds is 4. The van der Waals surface area contributed by atoms with Crippen molar-refractivity contribution in [1.29, 1.82) is 0 Å². The summed E-state index contributed by atoms with van der Waals surface area (Å²) in [5.41, 5.74) is 2.14. The Labute approximate surface area is 169 Å². The molecule has 2 aliphatic heterocycles. The van der Waals surface area contributed by atoms with Gasteiger partial charge in [-0.25, -0.2) is 9.50 Å². The number of fused-ring (bicyclic) bond motifs is 1. The molecule has 5 rings (SSSR count). The lowest BCUT2D eigenvalue weighted by Crippen LogP contribution is -2.36. The summed E-state index contributed by atoms with van der Waals surface area (Å²) in [5.74, 6) is 1.41. The number of piperidine rings is 1. The number of likely N-dealkylation sites (tertiary alicyclic amines) is 1. The van der Waals surface area contributed by atoms with Gasteiger partial charge in [-0.2, -0.15) is 5.10 Å². The smallest absolute Gasteiger partial charge is 0.156 e. The molecule has 2 aliphatic rings. The third-order valence-electron chi connectivity index (χ3n) is 5.75. The van der Waals surface area contributed by atoms with Gasteiger partial charge in [-0.15, -0.1) is 11.3 Å². The molecule has 0 N–H and O–H groups in total. The van der Waals surface area contributed by atoms with Crippen molar-refractivity contribution in [2.75, 3.05) is 44.3 Å². The van der Waals surface area contributed by atoms with E-state index in [1.54, 1.807) is 0 Å². The van der Waals surface area contributed by atoms with E-state index in [4.69, 9.17) is 14.8 Å². The molecule has 0 spiro atoms. The molecule has 0 amide bonds. The second-order valence-electron chi connectivity index (χ2n) is 7.85. The lowest BCUT2D eigenvalue weighted by Gasteiger charge is -2.30. The van der Waals surface area contributed by atoms with Crippen LogP contribution in [0.5, 0.6) is 0 Å². The first kappa shape index (κ1) is 18.1. The molecule has 3 aromatic heterocycles. The third-order valence-corrected chi connectivity index (χ3v) is 6.74. The van der Waals surface area contributed by atoms with Crippen LogP contribution in [0.4, 0.5) is 5.69 Å². The van der Waals surface area contributed by atoms with Gasteiger partial charge in [0.15, 0.2) is 11.5 Å². The highest BCUT2D eigenvalue weighted by molar-refractivity contribution is 7.11. The molecule has 148 valence electrons. The maximum atomic E-state index is 5.47. The minimum atomic E-state index is 0.418. The second kappa shape index (κ2) is 7.81. The van der Waals surface area contributed by atoms with Gasteiger partial charge in [0, 0.05) is 41.9 Å². The summed E-state index contributed by atoms with van der Waals surface area (Å²) in [6.07, 6.45) is 4.50. The van der Waals surface area contributed by atoms with Crippen molar-refractivity contribution in [3.8, 4) is 0 Å². The van der Waals surface area contributed by atoms with Gasteiger partial charge < -0.3 is 9.64 Å². The van der Waals surface area contributed by atoms with Crippen LogP contribution in [-0.2, 0) is 11.3 Å². The van der Waals surface area contributed by atoms with Crippen LogP contribution in [0.1, 0.15) is 34.3 Å². The van der Waals surface area contributed by atoms with Crippen LogP contribution in [0.2, 0.25) is 0 Å². The zero-order valence-electron chi connectivity index (χ0n) is 16.4. The lowest BCUT2D eigenvalue weighted by molar-refractivity contribution is 0.122. The number of anilines is 1. The third kappa shape index (κ3) is 3.79. The van der Waals surface area contributed by atoms with Gasteiger partial charge in [-0.3, -0.25) is 4.90 Å². The van der Waals surface area contributed by atoms with Crippen molar-refractivity contribution in [2.45, 2.75) is 32.2 Å². The number of nitrogens with zero attached hydrogens (tertiary/aromatic N) is 5. The van der Waals surface area contributed by atoms with Crippen LogP contribution in [0.15, 0.2) is 30.5 Å². The van der Waals surface area contributed by atoms with Crippen molar-refractivity contribution < 1.29 is 4.74 Å². The summed E-state index contributed by atoms with van der Waals surface area (Å²) in [4.78, 5) is 12.6. The summed E-state index contributed by atoms with van der Waals surface area (Å²) in [5, 5.41) is 4.86. The Kier molecular flexibility index (Phi) is 5.05. The zero-order valence-corrected chi connectivity index (χ0v) is 17.2. The Balaban J connectivity index is 1.32. The summed E-state index contributed by atoms with van der Waals surface area (Å²) in [7, 11) is 0. The van der Waals surface area contributed by atoms with Crippen LogP contribution in [0.25, 0.3) is 5.65 Å². The molecule has 0 aromatic carbocycles. The van der Waals surface area contributed by atoms with Crippen LogP contribution in [0.3, 0.4) is 0 Å². The van der Waals surface area contributed by atoms with Crippen molar-refractivity contribution in [3.63, 3.8) is 0 Å². The number of ether oxygens (including phenoxy) is 1. The molecule has 0 aliphatic carbocycles. The van der Waals surface area contributed by atoms with Crippen molar-refractivity contribution in [1.82, 2.24) is 19.5 Å². The number of thiophene rings is 1. The highest BCUT2D eigenvalue weighted by Crippen LogP contribution is 2.28. The predicted octanol–water partition coefficient (Wildman–Crippen LogP) is 3.32. The number of aromatic nitrogens is 3. The van der Waals surface area contributed by atoms with E-state index in [1.165, 1.54) is 34.8 Å². The number of morpholine rings is 1. The normalized spacial score (nSPS) is 21.5. The fraction of sp³-hybridized carbons (Fsp3) is 0.524. The number of aryl methyl sites for hydroxylation is 1. The minimum Gasteiger partial charge on any atom is -0.378 e. The predicted molar refractivity (Wildman–Crippen MR) is 112 cm³/mol. The van der Waals surface area contributed by atoms with E-state index in [9.17, 15) is 0 Å². The SMILES string of the molecule is Cc1ccc(CN2CCC[C@@H](c3nc4ccc(N5CCOCC5)cn4n3)C2)s1. The Hall–Kier alpha value is -1.96. The average molecular weight is 398 g/mol. The molecule has 3 aromatic rings. The molecule has 2 fully saturated rings. The number of hydrogen-bond acceptors (Lipinski definition) is 6. The molecule has 0 bridgehead atoms. The van der Waals surface area contributed by atoms with Crippen LogP contribution < -0.4 is 4.90 Å². The van der Waals surface area contributed by atoms with E-state index >= 15 is 0 Å². The van der Waals surface area contributed by atoms with E-state index in [-0.39, 0.29) is 0 Å². The van der Waals surface area contributed by atoms with Gasteiger partial charge in [0.25, 0.3) is 0 Å². The first-order chi connectivity index (χ1) is 13.7. The lowest BCUT2D eigenvalue weighted by atomic mass is 9.97. The minimum absolute atomic E-state index is 0.418. The summed E-state index contributed by atoms with van der Waals surface area (Å²) in [6.45, 7) is 8.90. The van der Waals surface area contributed by atoms with E-state index in [1.807, 2.05) is 15.9 Å². The summed E-state index contributed by atoms with van der Waals surface area (Å²) in [6, 6.07) is 8.73. The average Bonchev–Trinajstić information content (AvgIpc) is 3.34. The van der Waals surface area contributed by atoms with Crippen molar-refractivity contribution in [2.24, 2.45) is 0 Å². The van der Waals surface area contributed by atoms with E-state index in [0.29, 0.717) is 5.92 Å². The Morgan fingerprint density at radius 3 is 2.86 bits per heavy atom.